The van der Waals surface area contributed by atoms with E-state index in [1.54, 1.807) is 6.92 Å². The molecule has 2 atom stereocenters. The second kappa shape index (κ2) is 9.14. The van der Waals surface area contributed by atoms with Crippen LogP contribution in [-0.4, -0.2) is 28.9 Å². The zero-order chi connectivity index (χ0) is 21.8. The van der Waals surface area contributed by atoms with E-state index in [0.717, 1.165) is 10.1 Å². The summed E-state index contributed by atoms with van der Waals surface area (Å²) >= 11 is 0. The number of nitro groups is 1. The third kappa shape index (κ3) is 5.61. The summed E-state index contributed by atoms with van der Waals surface area (Å²) in [5.41, 5.74) is -0.428. The molecule has 29 heavy (non-hydrogen) atoms. The Balaban J connectivity index is 2.54. The molecule has 1 aromatic heterocycles. The van der Waals surface area contributed by atoms with E-state index in [-0.39, 0.29) is 18.4 Å². The highest BCUT2D eigenvalue weighted by Crippen LogP contribution is 2.29. The molecule has 0 saturated heterocycles. The Hall–Kier alpha value is -2.78. The maximum absolute atomic E-state index is 12.8. The highest BCUT2D eigenvalue weighted by molar-refractivity contribution is 6.69. The maximum atomic E-state index is 12.8. The Bertz CT molecular complexity index is 936. The largest absolute Gasteiger partial charge is 0.480 e. The van der Waals surface area contributed by atoms with Crippen molar-refractivity contribution < 1.29 is 19.3 Å². The summed E-state index contributed by atoms with van der Waals surface area (Å²) < 4.78 is 7.17. The van der Waals surface area contributed by atoms with Gasteiger partial charge >= 0.3 is 17.2 Å². The number of hydrogen-bond acceptors (Lipinski definition) is 5. The number of nitrogens with zero attached hydrogens (tertiary/aromatic N) is 2. The van der Waals surface area contributed by atoms with Gasteiger partial charge < -0.3 is 9.53 Å². The maximum Gasteiger partial charge on any atom is 0.337 e. The van der Waals surface area contributed by atoms with Gasteiger partial charge in [0.2, 0.25) is 0 Å². The van der Waals surface area contributed by atoms with Crippen molar-refractivity contribution in [3.05, 3.63) is 74.2 Å². The summed E-state index contributed by atoms with van der Waals surface area (Å²) in [5, 5.41) is 21.0. The predicted octanol–water partition coefficient (Wildman–Crippen LogP) is 3.93. The molecule has 0 aliphatic rings. The van der Waals surface area contributed by atoms with E-state index in [2.05, 4.69) is 0 Å². The third-order valence-corrected chi connectivity index (χ3v) is 5.43. The van der Waals surface area contributed by atoms with Crippen molar-refractivity contribution in [3.8, 4) is 0 Å². The number of pyridine rings is 1. The van der Waals surface area contributed by atoms with Gasteiger partial charge in [-0.3, -0.25) is 19.5 Å². The van der Waals surface area contributed by atoms with Crippen molar-refractivity contribution in [1.82, 2.24) is 4.57 Å². The first-order valence-corrected chi connectivity index (χ1v) is 12.8. The Morgan fingerprint density at radius 1 is 1.24 bits per heavy atom. The molecule has 0 fully saturated rings. The summed E-state index contributed by atoms with van der Waals surface area (Å²) in [6, 6.07) is 9.66. The Kier molecular flexibility index (Phi) is 7.10. The number of benzene rings is 1. The van der Waals surface area contributed by atoms with Gasteiger partial charge in [-0.05, 0) is 37.7 Å². The van der Waals surface area contributed by atoms with Crippen molar-refractivity contribution in [1.29, 1.82) is 0 Å². The fourth-order valence-corrected chi connectivity index (χ4v) is 4.27. The fourth-order valence-electron chi connectivity index (χ4n) is 3.19. The molecule has 0 aliphatic heterocycles. The first-order chi connectivity index (χ1) is 13.5. The Morgan fingerprint density at radius 3 is 2.34 bits per heavy atom. The number of carbonyl (C=O) groups is 1. The molecule has 8 nitrogen and oxygen atoms in total. The molecule has 0 saturated carbocycles. The summed E-state index contributed by atoms with van der Waals surface area (Å²) in [6.07, 6.45) is 1.16. The van der Waals surface area contributed by atoms with Gasteiger partial charge in [0, 0.05) is 18.2 Å². The monoisotopic (exact) mass is 418 g/mol. The lowest BCUT2D eigenvalue weighted by Gasteiger charge is -2.27. The topological polar surface area (TPSA) is 112 Å². The van der Waals surface area contributed by atoms with Crippen molar-refractivity contribution >= 4 is 20.0 Å². The minimum Gasteiger partial charge on any atom is -0.480 e. The van der Waals surface area contributed by atoms with Crippen LogP contribution in [0.2, 0.25) is 19.6 Å². The number of carboxylic acids is 1. The molecule has 2 aromatic rings. The van der Waals surface area contributed by atoms with Gasteiger partial charge in [-0.1, -0.05) is 37.3 Å². The van der Waals surface area contributed by atoms with Gasteiger partial charge in [-0.2, -0.15) is 0 Å². The predicted molar refractivity (Wildman–Crippen MR) is 112 cm³/mol. The van der Waals surface area contributed by atoms with Crippen LogP contribution in [0.15, 0.2) is 47.4 Å². The van der Waals surface area contributed by atoms with Crippen LogP contribution >= 0.6 is 0 Å². The van der Waals surface area contributed by atoms with Crippen LogP contribution in [-0.2, 0) is 15.6 Å². The lowest BCUT2D eigenvalue weighted by molar-refractivity contribution is -0.387. The van der Waals surface area contributed by atoms with Crippen LogP contribution in [0.25, 0.3) is 0 Å². The molecule has 2 rings (SSSR count). The van der Waals surface area contributed by atoms with E-state index >= 15 is 0 Å². The van der Waals surface area contributed by atoms with Crippen LogP contribution < -0.4 is 5.56 Å². The molecule has 2 unspecified atom stereocenters. The third-order valence-electron chi connectivity index (χ3n) is 4.44. The summed E-state index contributed by atoms with van der Waals surface area (Å²) in [4.78, 5) is 35.1. The van der Waals surface area contributed by atoms with E-state index in [9.17, 15) is 24.8 Å². The average Bonchev–Trinajstić information content (AvgIpc) is 2.62. The first kappa shape index (κ1) is 22.5. The molecule has 0 radical (unpaired) electrons. The van der Waals surface area contributed by atoms with Crippen molar-refractivity contribution in [2.24, 2.45) is 0 Å². The zero-order valence-electron chi connectivity index (χ0n) is 17.0. The minimum absolute atomic E-state index is 0.136. The highest BCUT2D eigenvalue weighted by atomic mass is 28.4. The second-order valence-corrected chi connectivity index (χ2v) is 12.2. The molecular weight excluding hydrogens is 392 g/mol. The fraction of sp³-hybridized carbons (Fsp3) is 0.400. The van der Waals surface area contributed by atoms with E-state index in [1.165, 1.54) is 12.3 Å². The van der Waals surface area contributed by atoms with Crippen LogP contribution in [0.5, 0.6) is 0 Å². The lowest BCUT2D eigenvalue weighted by Crippen LogP contribution is -2.32. The van der Waals surface area contributed by atoms with E-state index in [4.69, 9.17) is 4.43 Å². The van der Waals surface area contributed by atoms with Gasteiger partial charge in [-0.15, -0.1) is 0 Å². The smallest absolute Gasteiger partial charge is 0.337 e. The molecular formula is C20H26N2O6Si. The van der Waals surface area contributed by atoms with E-state index in [0.29, 0.717) is 0 Å². The molecule has 1 N–H and O–H groups in total. The average molecular weight is 419 g/mol. The molecule has 1 heterocycles. The van der Waals surface area contributed by atoms with Crippen LogP contribution in [0.4, 0.5) is 5.69 Å². The van der Waals surface area contributed by atoms with Crippen LogP contribution in [0.3, 0.4) is 0 Å². The van der Waals surface area contributed by atoms with Crippen LogP contribution in [0.1, 0.15) is 36.6 Å². The summed E-state index contributed by atoms with van der Waals surface area (Å²) in [7, 11) is -2.00. The van der Waals surface area contributed by atoms with Crippen molar-refractivity contribution in [2.45, 2.75) is 51.6 Å². The van der Waals surface area contributed by atoms with E-state index < -0.39 is 42.6 Å². The highest BCUT2D eigenvalue weighted by Gasteiger charge is 2.30. The normalized spacial score (nSPS) is 13.7. The summed E-state index contributed by atoms with van der Waals surface area (Å²) in [6.45, 7) is 7.67. The molecule has 0 amide bonds. The summed E-state index contributed by atoms with van der Waals surface area (Å²) in [5.74, 6) is -1.21. The van der Waals surface area contributed by atoms with Crippen molar-refractivity contribution in [3.63, 3.8) is 0 Å². The quantitative estimate of drug-likeness (QED) is 0.375. The molecule has 0 aliphatic carbocycles. The SMILES string of the molecule is CCC(C(=O)O)n1ccc(CC(O[Si](C)(C)C)c2ccccc2)c([N+](=O)[O-])c1=O. The van der Waals surface area contributed by atoms with Gasteiger partial charge in [0.1, 0.15) is 6.04 Å². The standard InChI is InChI=1S/C20H26N2O6Si/c1-5-16(20(24)25)21-12-11-15(18(19(21)23)22(26)27)13-17(28-29(2,3)4)14-9-7-6-8-10-14/h6-12,16-17H,5,13H2,1-4H3,(H,24,25). The van der Waals surface area contributed by atoms with Gasteiger partial charge in [0.15, 0.2) is 8.32 Å². The molecule has 0 bridgehead atoms. The van der Waals surface area contributed by atoms with E-state index in [1.807, 2.05) is 50.0 Å². The van der Waals surface area contributed by atoms with Gasteiger partial charge in [0.25, 0.3) is 0 Å². The Morgan fingerprint density at radius 2 is 1.86 bits per heavy atom. The second-order valence-electron chi connectivity index (χ2n) is 7.76. The minimum atomic E-state index is -2.00. The first-order valence-electron chi connectivity index (χ1n) is 9.39. The zero-order valence-corrected chi connectivity index (χ0v) is 18.0. The molecule has 1 aromatic carbocycles. The van der Waals surface area contributed by atoms with Crippen molar-refractivity contribution in [2.75, 3.05) is 0 Å². The Labute approximate surface area is 170 Å². The molecule has 9 heteroatoms. The molecule has 156 valence electrons. The number of rotatable bonds is 9. The van der Waals surface area contributed by atoms with Gasteiger partial charge in [0.05, 0.1) is 11.0 Å². The van der Waals surface area contributed by atoms with Crippen LogP contribution in [0, 0.1) is 10.1 Å². The number of carboxylic acid groups (broad SMARTS) is 1. The lowest BCUT2D eigenvalue weighted by atomic mass is 10.0. The number of hydrogen-bond donors (Lipinski definition) is 1. The van der Waals surface area contributed by atoms with Gasteiger partial charge in [-0.25, -0.2) is 4.79 Å². The molecule has 0 spiro atoms. The number of aromatic nitrogens is 1. The number of aliphatic carboxylic acids is 1.